The zero-order valence-electron chi connectivity index (χ0n) is 13.8. The van der Waals surface area contributed by atoms with Crippen LogP contribution < -0.4 is 5.32 Å². The Bertz CT molecular complexity index is 517. The van der Waals surface area contributed by atoms with Crippen LogP contribution in [0.5, 0.6) is 0 Å². The van der Waals surface area contributed by atoms with Crippen molar-refractivity contribution < 1.29 is 54.4 Å². The van der Waals surface area contributed by atoms with Gasteiger partial charge in [-0.25, -0.2) is 4.79 Å². The van der Waals surface area contributed by atoms with E-state index in [4.69, 9.17) is 19.3 Å². The molecule has 2 aliphatic rings. The Morgan fingerprint density at radius 3 is 2.31 bits per heavy atom. The lowest BCUT2D eigenvalue weighted by Gasteiger charge is -2.44. The highest BCUT2D eigenvalue weighted by atomic mass is 16.7. The Morgan fingerprint density at radius 1 is 1.12 bits per heavy atom. The van der Waals surface area contributed by atoms with E-state index in [1.807, 2.05) is 0 Å². The molecule has 0 saturated carbocycles. The van der Waals surface area contributed by atoms with Gasteiger partial charge in [0.25, 0.3) is 0 Å². The molecular weight excluding hydrogens is 358 g/mol. The zero-order chi connectivity index (χ0) is 19.6. The van der Waals surface area contributed by atoms with Crippen molar-refractivity contribution in [3.05, 3.63) is 0 Å². The molecule has 0 aliphatic carbocycles. The predicted octanol–water partition coefficient (Wildman–Crippen LogP) is -4.48. The van der Waals surface area contributed by atoms with Crippen LogP contribution in [0.3, 0.4) is 0 Å². The molecule has 9 atom stereocenters. The molecule has 2 aliphatic heterocycles. The Balaban J connectivity index is 2.19. The molecule has 26 heavy (non-hydrogen) atoms. The van der Waals surface area contributed by atoms with Crippen molar-refractivity contribution in [2.45, 2.75) is 62.0 Å². The summed E-state index contributed by atoms with van der Waals surface area (Å²) < 4.78 is 15.7. The maximum Gasteiger partial charge on any atom is 0.335 e. The number of aliphatic hydroxyl groups excluding tert-OH is 5. The summed E-state index contributed by atoms with van der Waals surface area (Å²) in [6.45, 7) is 0.526. The minimum atomic E-state index is -1.89. The molecule has 0 aromatic rings. The van der Waals surface area contributed by atoms with Gasteiger partial charge in [0.2, 0.25) is 5.91 Å². The minimum absolute atomic E-state index is 0.136. The highest BCUT2D eigenvalue weighted by Crippen LogP contribution is 2.27. The average Bonchev–Trinajstić information content (AvgIpc) is 2.57. The Morgan fingerprint density at radius 2 is 1.77 bits per heavy atom. The van der Waals surface area contributed by atoms with Crippen LogP contribution in [0.2, 0.25) is 0 Å². The van der Waals surface area contributed by atoms with Crippen LogP contribution in [0.25, 0.3) is 0 Å². The molecule has 2 saturated heterocycles. The molecule has 12 nitrogen and oxygen atoms in total. The maximum absolute atomic E-state index is 11.3. The van der Waals surface area contributed by atoms with Crippen LogP contribution in [0.15, 0.2) is 0 Å². The van der Waals surface area contributed by atoms with E-state index in [2.05, 4.69) is 5.32 Å². The van der Waals surface area contributed by atoms with Gasteiger partial charge in [-0.2, -0.15) is 0 Å². The number of carboxylic acids is 1. The number of amides is 1. The fraction of sp³-hybridized carbons (Fsp3) is 0.857. The van der Waals surface area contributed by atoms with Crippen molar-refractivity contribution in [3.8, 4) is 0 Å². The largest absolute Gasteiger partial charge is 0.479 e. The van der Waals surface area contributed by atoms with E-state index in [-0.39, 0.29) is 6.61 Å². The lowest BCUT2D eigenvalue weighted by atomic mass is 9.96. The maximum atomic E-state index is 11.3. The molecule has 0 aromatic heterocycles. The third-order valence-corrected chi connectivity index (χ3v) is 4.28. The molecule has 7 N–H and O–H groups in total. The number of aliphatic hydroxyl groups is 5. The summed E-state index contributed by atoms with van der Waals surface area (Å²) in [4.78, 5) is 22.5. The summed E-state index contributed by atoms with van der Waals surface area (Å²) in [6, 6.07) is -0.895. The number of aliphatic carboxylic acids is 1. The van der Waals surface area contributed by atoms with Gasteiger partial charge >= 0.3 is 5.97 Å². The monoisotopic (exact) mass is 381 g/mol. The van der Waals surface area contributed by atoms with Gasteiger partial charge < -0.3 is 50.2 Å². The first kappa shape index (κ1) is 20.9. The van der Waals surface area contributed by atoms with Gasteiger partial charge in [0.15, 0.2) is 12.4 Å². The third kappa shape index (κ3) is 4.29. The first-order valence-corrected chi connectivity index (χ1v) is 7.93. The molecule has 9 unspecified atom stereocenters. The summed E-state index contributed by atoms with van der Waals surface area (Å²) in [5.74, 6) is -2.05. The quantitative estimate of drug-likeness (QED) is 0.242. The van der Waals surface area contributed by atoms with E-state index in [1.54, 1.807) is 0 Å². The van der Waals surface area contributed by atoms with Crippen LogP contribution >= 0.6 is 0 Å². The van der Waals surface area contributed by atoms with Crippen molar-refractivity contribution in [1.29, 1.82) is 0 Å². The third-order valence-electron chi connectivity index (χ3n) is 4.28. The molecule has 1 amide bonds. The van der Waals surface area contributed by atoms with Gasteiger partial charge in [-0.1, -0.05) is 0 Å². The average molecular weight is 381 g/mol. The molecule has 2 fully saturated rings. The van der Waals surface area contributed by atoms with Gasteiger partial charge in [-0.05, 0) is 0 Å². The van der Waals surface area contributed by atoms with E-state index < -0.39 is 73.5 Å². The molecule has 0 spiro atoms. The van der Waals surface area contributed by atoms with E-state index >= 15 is 0 Å². The van der Waals surface area contributed by atoms with Crippen molar-refractivity contribution in [1.82, 2.24) is 5.32 Å². The molecular formula is C14H23NO11. The standard InChI is InChI=1S/C14H23NO11/c1-4(17)15-5-3-24-6(2-16)7(18)11(5)25-14-10(21)8(19)9(20)12(26-14)13(22)23/h5-12,14,16,18-21H,2-3H2,1H3,(H,15,17)(H,22,23). The van der Waals surface area contributed by atoms with Crippen LogP contribution in [0.4, 0.5) is 0 Å². The van der Waals surface area contributed by atoms with Crippen LogP contribution in [-0.4, -0.2) is 111 Å². The second kappa shape index (κ2) is 8.54. The highest BCUT2D eigenvalue weighted by molar-refractivity contribution is 5.73. The molecule has 150 valence electrons. The van der Waals surface area contributed by atoms with Crippen LogP contribution in [0.1, 0.15) is 6.92 Å². The summed E-state index contributed by atoms with van der Waals surface area (Å²) in [6.07, 6.45) is -12.9. The number of nitrogens with one attached hydrogen (secondary N) is 1. The van der Waals surface area contributed by atoms with Gasteiger partial charge in [-0.3, -0.25) is 4.79 Å². The fourth-order valence-electron chi connectivity index (χ4n) is 2.91. The zero-order valence-corrected chi connectivity index (χ0v) is 13.8. The van der Waals surface area contributed by atoms with Crippen molar-refractivity contribution >= 4 is 11.9 Å². The lowest BCUT2D eigenvalue weighted by molar-refractivity contribution is -0.322. The number of hydrogen-bond donors (Lipinski definition) is 7. The Labute approximate surface area is 147 Å². The number of carboxylic acid groups (broad SMARTS) is 1. The molecule has 2 heterocycles. The molecule has 0 bridgehead atoms. The van der Waals surface area contributed by atoms with E-state index in [1.165, 1.54) is 6.92 Å². The van der Waals surface area contributed by atoms with Crippen LogP contribution in [-0.2, 0) is 23.8 Å². The van der Waals surface area contributed by atoms with Gasteiger partial charge in [0.05, 0.1) is 19.3 Å². The summed E-state index contributed by atoms with van der Waals surface area (Å²) in [5, 5.41) is 60.6. The highest BCUT2D eigenvalue weighted by Gasteiger charge is 2.50. The first-order chi connectivity index (χ1) is 12.2. The van der Waals surface area contributed by atoms with Gasteiger partial charge in [0.1, 0.15) is 36.6 Å². The van der Waals surface area contributed by atoms with Crippen LogP contribution in [0, 0.1) is 0 Å². The smallest absolute Gasteiger partial charge is 0.335 e. The van der Waals surface area contributed by atoms with Crippen molar-refractivity contribution in [2.24, 2.45) is 0 Å². The predicted molar refractivity (Wildman–Crippen MR) is 79.6 cm³/mol. The molecule has 0 radical (unpaired) electrons. The summed E-state index contributed by atoms with van der Waals surface area (Å²) in [7, 11) is 0. The van der Waals surface area contributed by atoms with E-state index in [9.17, 15) is 35.1 Å². The van der Waals surface area contributed by atoms with Gasteiger partial charge in [0, 0.05) is 6.92 Å². The SMILES string of the molecule is CC(=O)NC1COC(CO)C(O)C1OC1OC(C(=O)O)C(O)C(O)C1O. The summed E-state index contributed by atoms with van der Waals surface area (Å²) >= 11 is 0. The number of rotatable bonds is 5. The van der Waals surface area contributed by atoms with Crippen molar-refractivity contribution in [3.63, 3.8) is 0 Å². The number of ether oxygens (including phenoxy) is 3. The summed E-state index contributed by atoms with van der Waals surface area (Å²) in [5.41, 5.74) is 0. The Hall–Kier alpha value is -1.38. The number of hydrogen-bond acceptors (Lipinski definition) is 10. The molecule has 0 aromatic carbocycles. The fourth-order valence-corrected chi connectivity index (χ4v) is 2.91. The minimum Gasteiger partial charge on any atom is -0.479 e. The normalized spacial score (nSPS) is 43.7. The molecule has 2 rings (SSSR count). The van der Waals surface area contributed by atoms with Crippen molar-refractivity contribution in [2.75, 3.05) is 13.2 Å². The topological polar surface area (TPSA) is 195 Å². The second-order valence-corrected chi connectivity index (χ2v) is 6.19. The molecule has 12 heteroatoms. The number of carbonyl (C=O) groups is 2. The van der Waals surface area contributed by atoms with E-state index in [0.29, 0.717) is 0 Å². The van der Waals surface area contributed by atoms with E-state index in [0.717, 1.165) is 0 Å². The first-order valence-electron chi connectivity index (χ1n) is 7.93. The second-order valence-electron chi connectivity index (χ2n) is 6.19. The van der Waals surface area contributed by atoms with Gasteiger partial charge in [-0.15, -0.1) is 0 Å². The lowest BCUT2D eigenvalue weighted by Crippen LogP contribution is -2.65. The Kier molecular flexibility index (Phi) is 6.87. The number of carbonyl (C=O) groups excluding carboxylic acids is 1.